The van der Waals surface area contributed by atoms with Crippen molar-refractivity contribution in [3.8, 4) is 0 Å². The summed E-state index contributed by atoms with van der Waals surface area (Å²) in [5.41, 5.74) is 4.79. The van der Waals surface area contributed by atoms with Gasteiger partial charge in [-0.25, -0.2) is 0 Å². The summed E-state index contributed by atoms with van der Waals surface area (Å²) in [6.45, 7) is 2.53. The lowest BCUT2D eigenvalue weighted by atomic mass is 9.99. The number of rotatable bonds is 3. The maximum atomic E-state index is 12.8. The number of hydrogen-bond donors (Lipinski definition) is 1. The third kappa shape index (κ3) is 3.00. The number of carbonyl (C=O) groups is 1. The standard InChI is InChI=1S/C21H16ClN3O/c1-13-5-2-3-7-16(13)20(26)17-9-8-15(11-18(17)22)25-21-19-14(12-24-21)6-4-10-23-19/h2-11H,12H2,1H3,(H,24,25). The molecule has 4 nitrogen and oxygen atoms in total. The van der Waals surface area contributed by atoms with Crippen LogP contribution in [0.4, 0.5) is 5.69 Å². The first-order chi connectivity index (χ1) is 12.6. The van der Waals surface area contributed by atoms with E-state index in [1.165, 1.54) is 0 Å². The summed E-state index contributed by atoms with van der Waals surface area (Å²) in [4.78, 5) is 21.6. The van der Waals surface area contributed by atoms with Gasteiger partial charge in [-0.15, -0.1) is 0 Å². The maximum Gasteiger partial charge on any atom is 0.194 e. The number of carbonyl (C=O) groups excluding carboxylic acids is 1. The van der Waals surface area contributed by atoms with Crippen LogP contribution in [0.5, 0.6) is 0 Å². The number of anilines is 1. The SMILES string of the molecule is Cc1ccccc1C(=O)c1ccc(NC2=NCc3cccnc32)cc1Cl. The first-order valence-corrected chi connectivity index (χ1v) is 8.67. The van der Waals surface area contributed by atoms with E-state index < -0.39 is 0 Å². The Bertz CT molecular complexity index is 1040. The normalized spacial score (nSPS) is 12.5. The van der Waals surface area contributed by atoms with Crippen LogP contribution in [0.2, 0.25) is 5.02 Å². The maximum absolute atomic E-state index is 12.8. The van der Waals surface area contributed by atoms with Crippen molar-refractivity contribution in [2.24, 2.45) is 4.99 Å². The number of aryl methyl sites for hydroxylation is 1. The molecular weight excluding hydrogens is 346 g/mol. The average Bonchev–Trinajstić information content (AvgIpc) is 3.05. The second kappa shape index (κ2) is 6.73. The minimum atomic E-state index is -0.0788. The average molecular weight is 362 g/mol. The van der Waals surface area contributed by atoms with Crippen LogP contribution in [0, 0.1) is 6.92 Å². The molecule has 0 radical (unpaired) electrons. The first kappa shape index (κ1) is 16.5. The van der Waals surface area contributed by atoms with Crippen LogP contribution < -0.4 is 5.32 Å². The van der Waals surface area contributed by atoms with Crippen molar-refractivity contribution in [2.45, 2.75) is 13.5 Å². The number of fused-ring (bicyclic) bond motifs is 1. The number of hydrogen-bond acceptors (Lipinski definition) is 4. The molecule has 5 heteroatoms. The molecule has 4 rings (SSSR count). The Morgan fingerprint density at radius 2 is 1.92 bits per heavy atom. The molecule has 1 aliphatic heterocycles. The van der Waals surface area contributed by atoms with E-state index in [1.54, 1.807) is 18.3 Å². The van der Waals surface area contributed by atoms with Crippen molar-refractivity contribution in [3.63, 3.8) is 0 Å². The van der Waals surface area contributed by atoms with Gasteiger partial charge in [-0.3, -0.25) is 14.8 Å². The summed E-state index contributed by atoms with van der Waals surface area (Å²) < 4.78 is 0. The van der Waals surface area contributed by atoms with Gasteiger partial charge >= 0.3 is 0 Å². The number of pyridine rings is 1. The lowest BCUT2D eigenvalue weighted by Gasteiger charge is -2.10. The molecule has 0 bridgehead atoms. The van der Waals surface area contributed by atoms with Gasteiger partial charge in [0.15, 0.2) is 11.6 Å². The van der Waals surface area contributed by atoms with Gasteiger partial charge in [-0.05, 0) is 36.8 Å². The second-order valence-corrected chi connectivity index (χ2v) is 6.55. The van der Waals surface area contributed by atoms with Crippen molar-refractivity contribution in [2.75, 3.05) is 5.32 Å². The van der Waals surface area contributed by atoms with Crippen LogP contribution in [0.25, 0.3) is 0 Å². The van der Waals surface area contributed by atoms with Gasteiger partial charge in [0.2, 0.25) is 0 Å². The van der Waals surface area contributed by atoms with E-state index in [-0.39, 0.29) is 5.78 Å². The first-order valence-electron chi connectivity index (χ1n) is 8.29. The second-order valence-electron chi connectivity index (χ2n) is 6.14. The van der Waals surface area contributed by atoms with Crippen molar-refractivity contribution in [1.82, 2.24) is 4.98 Å². The Morgan fingerprint density at radius 3 is 2.73 bits per heavy atom. The zero-order valence-electron chi connectivity index (χ0n) is 14.2. The molecule has 0 saturated heterocycles. The fraction of sp³-hybridized carbons (Fsp3) is 0.0952. The summed E-state index contributed by atoms with van der Waals surface area (Å²) in [7, 11) is 0. The van der Waals surface area contributed by atoms with Crippen LogP contribution in [0.3, 0.4) is 0 Å². The largest absolute Gasteiger partial charge is 0.339 e. The van der Waals surface area contributed by atoms with E-state index in [0.29, 0.717) is 22.7 Å². The quantitative estimate of drug-likeness (QED) is 0.691. The van der Waals surface area contributed by atoms with Gasteiger partial charge < -0.3 is 5.32 Å². The molecule has 0 saturated carbocycles. The van der Waals surface area contributed by atoms with E-state index in [1.807, 2.05) is 49.4 Å². The smallest absolute Gasteiger partial charge is 0.194 e. The van der Waals surface area contributed by atoms with Crippen LogP contribution in [0.1, 0.15) is 32.7 Å². The Balaban J connectivity index is 1.59. The predicted octanol–water partition coefficient (Wildman–Crippen LogP) is 4.65. The Labute approximate surface area is 156 Å². The molecule has 3 aromatic rings. The fourth-order valence-corrected chi connectivity index (χ4v) is 3.27. The molecule has 2 heterocycles. The molecule has 128 valence electrons. The highest BCUT2D eigenvalue weighted by Crippen LogP contribution is 2.26. The van der Waals surface area contributed by atoms with Gasteiger partial charge in [0, 0.05) is 28.6 Å². The molecule has 0 amide bonds. The number of amidine groups is 1. The summed E-state index contributed by atoms with van der Waals surface area (Å²) in [5, 5.41) is 3.65. The number of nitrogens with one attached hydrogen (secondary N) is 1. The lowest BCUT2D eigenvalue weighted by molar-refractivity contribution is 0.103. The Morgan fingerprint density at radius 1 is 1.08 bits per heavy atom. The van der Waals surface area contributed by atoms with Gasteiger partial charge in [-0.2, -0.15) is 0 Å². The third-order valence-electron chi connectivity index (χ3n) is 4.39. The molecule has 1 N–H and O–H groups in total. The minimum Gasteiger partial charge on any atom is -0.339 e. The van der Waals surface area contributed by atoms with Gasteiger partial charge in [0.25, 0.3) is 0 Å². The fourth-order valence-electron chi connectivity index (χ4n) is 3.00. The molecule has 1 aliphatic rings. The predicted molar refractivity (Wildman–Crippen MR) is 104 cm³/mol. The van der Waals surface area contributed by atoms with E-state index in [9.17, 15) is 4.79 Å². The molecular formula is C21H16ClN3O. The highest BCUT2D eigenvalue weighted by atomic mass is 35.5. The summed E-state index contributed by atoms with van der Waals surface area (Å²) in [5.74, 6) is 0.638. The topological polar surface area (TPSA) is 54.4 Å². The van der Waals surface area contributed by atoms with Crippen LogP contribution in [-0.4, -0.2) is 16.6 Å². The monoisotopic (exact) mass is 361 g/mol. The van der Waals surface area contributed by atoms with E-state index in [0.717, 1.165) is 28.3 Å². The number of aromatic nitrogens is 1. The number of aliphatic imine (C=N–C) groups is 1. The molecule has 1 aromatic heterocycles. The summed E-state index contributed by atoms with van der Waals surface area (Å²) >= 11 is 6.40. The number of ketones is 1. The zero-order valence-corrected chi connectivity index (χ0v) is 14.9. The lowest BCUT2D eigenvalue weighted by Crippen LogP contribution is -2.13. The van der Waals surface area contributed by atoms with E-state index in [4.69, 9.17) is 11.6 Å². The van der Waals surface area contributed by atoms with Gasteiger partial charge in [0.05, 0.1) is 11.6 Å². The highest BCUT2D eigenvalue weighted by Gasteiger charge is 2.18. The minimum absolute atomic E-state index is 0.0788. The number of nitrogens with zero attached hydrogens (tertiary/aromatic N) is 2. The number of halogens is 1. The molecule has 0 unspecified atom stereocenters. The van der Waals surface area contributed by atoms with Crippen molar-refractivity contribution >= 4 is 28.9 Å². The molecule has 0 spiro atoms. The molecule has 0 aliphatic carbocycles. The highest BCUT2D eigenvalue weighted by molar-refractivity contribution is 6.35. The molecule has 0 fully saturated rings. The molecule has 0 atom stereocenters. The zero-order chi connectivity index (χ0) is 18.1. The summed E-state index contributed by atoms with van der Waals surface area (Å²) in [6, 6.07) is 16.7. The third-order valence-corrected chi connectivity index (χ3v) is 4.70. The van der Waals surface area contributed by atoms with E-state index in [2.05, 4.69) is 15.3 Å². The molecule has 2 aromatic carbocycles. The summed E-state index contributed by atoms with van der Waals surface area (Å²) in [6.07, 6.45) is 1.75. The van der Waals surface area contributed by atoms with Crippen molar-refractivity contribution in [3.05, 3.63) is 93.8 Å². The van der Waals surface area contributed by atoms with Crippen molar-refractivity contribution < 1.29 is 4.79 Å². The number of benzene rings is 2. The Hall–Kier alpha value is -2.98. The van der Waals surface area contributed by atoms with Crippen LogP contribution >= 0.6 is 11.6 Å². The van der Waals surface area contributed by atoms with Crippen molar-refractivity contribution in [1.29, 1.82) is 0 Å². The van der Waals surface area contributed by atoms with Gasteiger partial charge in [0.1, 0.15) is 5.69 Å². The van der Waals surface area contributed by atoms with Crippen LogP contribution in [0.15, 0.2) is 65.8 Å². The molecule has 26 heavy (non-hydrogen) atoms. The van der Waals surface area contributed by atoms with Gasteiger partial charge in [-0.1, -0.05) is 41.9 Å². The van der Waals surface area contributed by atoms with Crippen LogP contribution in [-0.2, 0) is 6.54 Å². The Kier molecular flexibility index (Phi) is 4.27. The van der Waals surface area contributed by atoms with E-state index >= 15 is 0 Å².